The van der Waals surface area contributed by atoms with E-state index in [0.717, 1.165) is 11.3 Å². The normalized spacial score (nSPS) is 14.3. The number of nitrogens with zero attached hydrogens (tertiary/aromatic N) is 2. The molecular weight excluding hydrogens is 267 g/mol. The van der Waals surface area contributed by atoms with Crippen LogP contribution >= 0.6 is 21.3 Å². The van der Waals surface area contributed by atoms with Crippen LogP contribution in [0.3, 0.4) is 0 Å². The van der Waals surface area contributed by atoms with Gasteiger partial charge < -0.3 is 8.22 Å². The Kier molecular flexibility index (Phi) is 2.10. The highest BCUT2D eigenvalue weighted by atomic mass is 127. The minimum atomic E-state index is -0.192. The van der Waals surface area contributed by atoms with Gasteiger partial charge in [0.25, 0.3) is 0 Å². The second-order valence-electron chi connectivity index (χ2n) is 2.62. The van der Waals surface area contributed by atoms with E-state index in [-0.39, 0.29) is 27.9 Å². The Labute approximate surface area is 81.5 Å². The van der Waals surface area contributed by atoms with Gasteiger partial charge in [-0.2, -0.15) is 0 Å². The molecule has 0 saturated heterocycles. The monoisotopic (exact) mass is 276 g/mol. The molecule has 0 amide bonds. The maximum Gasteiger partial charge on any atom is 0.121 e. The van der Waals surface area contributed by atoms with Crippen molar-refractivity contribution in [1.29, 1.82) is 0 Å². The molecule has 0 saturated carbocycles. The zero-order valence-corrected chi connectivity index (χ0v) is 8.82. The fraction of sp³-hybridized carbons (Fsp3) is 0.250. The van der Waals surface area contributed by atoms with Crippen molar-refractivity contribution in [1.82, 2.24) is 0 Å². The van der Waals surface area contributed by atoms with E-state index in [1.54, 1.807) is 0 Å². The molecule has 0 aromatic heterocycles. The Morgan fingerprint density at radius 3 is 3.17 bits per heavy atom. The molecule has 0 spiro atoms. The molecule has 1 aromatic carbocycles. The number of anilines is 1. The van der Waals surface area contributed by atoms with Gasteiger partial charge in [-0.25, -0.2) is 3.15 Å². The molecule has 1 N–H and O–H groups in total. The summed E-state index contributed by atoms with van der Waals surface area (Å²) in [4.78, 5) is 0. The second kappa shape index (κ2) is 3.10. The van der Waals surface area contributed by atoms with Gasteiger partial charge in [0.1, 0.15) is 21.3 Å². The first kappa shape index (κ1) is 8.12. The third kappa shape index (κ3) is 1.25. The highest BCUT2D eigenvalue weighted by Crippen LogP contribution is 2.41. The minimum Gasteiger partial charge on any atom is -0.392 e. The van der Waals surface area contributed by atoms with Gasteiger partial charge in [0.2, 0.25) is 0 Å². The van der Waals surface area contributed by atoms with Crippen molar-refractivity contribution >= 4 is 32.7 Å². The summed E-state index contributed by atoms with van der Waals surface area (Å²) in [6.07, 6.45) is 0. The van der Waals surface area contributed by atoms with Crippen LogP contribution in [0.25, 0.3) is 0 Å². The molecule has 0 radical (unpaired) electrons. The average molecular weight is 276 g/mol. The number of benzene rings is 1. The van der Waals surface area contributed by atoms with Crippen LogP contribution in [0.5, 0.6) is 0 Å². The number of rotatable bonds is 1. The zero-order chi connectivity index (χ0) is 8.55. The molecule has 1 aromatic rings. The number of halogens is 1. The molecule has 1 heterocycles. The van der Waals surface area contributed by atoms with E-state index in [2.05, 4.69) is 13.3 Å². The van der Waals surface area contributed by atoms with Gasteiger partial charge in [0.15, 0.2) is 0 Å². The van der Waals surface area contributed by atoms with Gasteiger partial charge in [0.05, 0.1) is 18.0 Å². The van der Waals surface area contributed by atoms with Crippen molar-refractivity contribution in [2.75, 3.05) is 10.2 Å². The van der Waals surface area contributed by atoms with Crippen LogP contribution in [0.15, 0.2) is 21.3 Å². The summed E-state index contributed by atoms with van der Waals surface area (Å²) < 4.78 is 6.60. The molecular formula is C8H9IN2O. The van der Waals surface area contributed by atoms with Gasteiger partial charge >= 0.3 is 0 Å². The quantitative estimate of drug-likeness (QED) is 0.631. The Balaban J connectivity index is 2.47. The fourth-order valence-corrected chi connectivity index (χ4v) is 2.72. The molecule has 0 bridgehead atoms. The van der Waals surface area contributed by atoms with Crippen LogP contribution in [-0.4, -0.2) is 12.2 Å². The number of aliphatic hydroxyl groups excluding tert-OH is 1. The molecule has 1 aliphatic rings. The lowest BCUT2D eigenvalue weighted by Gasteiger charge is -2.07. The largest absolute Gasteiger partial charge is 0.392 e. The number of aliphatic hydroxyl groups is 1. The maximum absolute atomic E-state index is 8.89. The summed E-state index contributed by atoms with van der Waals surface area (Å²) in [5, 5.41) is 8.89. The van der Waals surface area contributed by atoms with Crippen LogP contribution in [0, 0.1) is 0 Å². The van der Waals surface area contributed by atoms with E-state index in [0.29, 0.717) is 0 Å². The van der Waals surface area contributed by atoms with Crippen LogP contribution in [0.4, 0.5) is 11.4 Å². The predicted octanol–water partition coefficient (Wildman–Crippen LogP) is 2.33. The smallest absolute Gasteiger partial charge is 0.121 e. The number of hydrogen-bond donors (Lipinski definition) is 1. The van der Waals surface area contributed by atoms with E-state index < -0.39 is 0 Å². The second-order valence-corrected chi connectivity index (χ2v) is 4.98. The highest BCUT2D eigenvalue weighted by Gasteiger charge is 2.11. The number of hydrogen-bond acceptors (Lipinski definition) is 3. The van der Waals surface area contributed by atoms with Crippen molar-refractivity contribution in [2.24, 2.45) is 3.15 Å². The maximum atomic E-state index is 8.89. The average Bonchev–Trinajstić information content (AvgIpc) is 2.47. The molecule has 3 nitrogen and oxygen atoms in total. The Morgan fingerprint density at radius 2 is 2.42 bits per heavy atom. The minimum absolute atomic E-state index is 0.102. The first-order valence-electron chi connectivity index (χ1n) is 3.64. The predicted molar refractivity (Wildman–Crippen MR) is 56.9 cm³/mol. The third-order valence-corrected chi connectivity index (χ3v) is 3.70. The molecule has 64 valence electrons. The Bertz CT molecular complexity index is 338. The fourth-order valence-electron chi connectivity index (χ4n) is 1.13. The highest BCUT2D eigenvalue weighted by molar-refractivity contribution is 14.2. The standard InChI is InChI=1S/C8H9IN2O/c1-11-8-3-2-6(5-12)4-7(8)10-9-11/h2-4,12H,5H2,1H3. The van der Waals surface area contributed by atoms with E-state index in [1.807, 2.05) is 18.2 Å². The first-order chi connectivity index (χ1) is 5.81. The Hall–Kier alpha value is -0.490. The molecule has 0 fully saturated rings. The molecule has 0 aliphatic carbocycles. The lowest BCUT2D eigenvalue weighted by Crippen LogP contribution is -1.97. The van der Waals surface area contributed by atoms with Crippen LogP contribution < -0.4 is 3.11 Å². The third-order valence-electron chi connectivity index (χ3n) is 1.80. The van der Waals surface area contributed by atoms with Gasteiger partial charge in [-0.15, -0.1) is 0 Å². The SMILES string of the molecule is CN1I=Nc2cc(CO)ccc21. The van der Waals surface area contributed by atoms with Crippen molar-refractivity contribution in [3.05, 3.63) is 23.8 Å². The first-order valence-corrected chi connectivity index (χ1v) is 5.57. The lowest BCUT2D eigenvalue weighted by molar-refractivity contribution is 0.282. The zero-order valence-electron chi connectivity index (χ0n) is 6.66. The molecule has 4 heteroatoms. The van der Waals surface area contributed by atoms with Gasteiger partial charge in [-0.1, -0.05) is 6.07 Å². The van der Waals surface area contributed by atoms with Crippen LogP contribution in [0.2, 0.25) is 0 Å². The van der Waals surface area contributed by atoms with Crippen molar-refractivity contribution in [2.45, 2.75) is 6.61 Å². The van der Waals surface area contributed by atoms with E-state index >= 15 is 0 Å². The molecule has 1 aliphatic heterocycles. The summed E-state index contributed by atoms with van der Waals surface area (Å²) in [5.74, 6) is 0. The summed E-state index contributed by atoms with van der Waals surface area (Å²) >= 11 is -0.192. The summed E-state index contributed by atoms with van der Waals surface area (Å²) in [7, 11) is 2.06. The summed E-state index contributed by atoms with van der Waals surface area (Å²) in [6.45, 7) is 0.102. The molecule has 2 rings (SSSR count). The topological polar surface area (TPSA) is 35.8 Å². The molecule has 12 heavy (non-hydrogen) atoms. The van der Waals surface area contributed by atoms with Gasteiger partial charge in [-0.3, -0.25) is 0 Å². The van der Waals surface area contributed by atoms with Crippen LogP contribution in [-0.2, 0) is 6.61 Å². The lowest BCUT2D eigenvalue weighted by atomic mass is 10.2. The van der Waals surface area contributed by atoms with Crippen LogP contribution in [0.1, 0.15) is 5.56 Å². The van der Waals surface area contributed by atoms with E-state index in [1.165, 1.54) is 5.69 Å². The number of fused-ring (bicyclic) bond motifs is 1. The molecule has 0 atom stereocenters. The van der Waals surface area contributed by atoms with Crippen molar-refractivity contribution < 1.29 is 5.11 Å². The van der Waals surface area contributed by atoms with Gasteiger partial charge in [0, 0.05) is 7.05 Å². The van der Waals surface area contributed by atoms with Crippen molar-refractivity contribution in [3.8, 4) is 0 Å². The Morgan fingerprint density at radius 1 is 1.58 bits per heavy atom. The van der Waals surface area contributed by atoms with Gasteiger partial charge in [-0.05, 0) is 17.7 Å². The van der Waals surface area contributed by atoms with E-state index in [4.69, 9.17) is 5.11 Å². The summed E-state index contributed by atoms with van der Waals surface area (Å²) in [6, 6.07) is 5.93. The molecule has 0 unspecified atom stereocenters. The van der Waals surface area contributed by atoms with E-state index in [9.17, 15) is 0 Å². The van der Waals surface area contributed by atoms with Crippen molar-refractivity contribution in [3.63, 3.8) is 0 Å². The summed E-state index contributed by atoms with van der Waals surface area (Å²) in [5.41, 5.74) is 3.17.